The highest BCUT2D eigenvalue weighted by Crippen LogP contribution is 2.35. The van der Waals surface area contributed by atoms with Crippen molar-refractivity contribution in [3.8, 4) is 17.2 Å². The van der Waals surface area contributed by atoms with Crippen LogP contribution in [0.1, 0.15) is 29.0 Å². The van der Waals surface area contributed by atoms with Gasteiger partial charge in [0.1, 0.15) is 5.75 Å². The van der Waals surface area contributed by atoms with Crippen molar-refractivity contribution < 1.29 is 19.4 Å². The summed E-state index contributed by atoms with van der Waals surface area (Å²) in [6.45, 7) is 0.500. The monoisotopic (exact) mass is 483 g/mol. The van der Waals surface area contributed by atoms with E-state index in [9.17, 15) is 9.90 Å². The molecule has 31 heavy (non-hydrogen) atoms. The maximum Gasteiger partial charge on any atom is 0.220 e. The molecule has 0 heterocycles. The van der Waals surface area contributed by atoms with Gasteiger partial charge in [0.25, 0.3) is 0 Å². The van der Waals surface area contributed by atoms with Crippen LogP contribution in [0.15, 0.2) is 71.2 Å². The van der Waals surface area contributed by atoms with Crippen molar-refractivity contribution in [2.45, 2.75) is 18.8 Å². The first-order valence-electron chi connectivity index (χ1n) is 10.0. The maximum absolute atomic E-state index is 12.8. The summed E-state index contributed by atoms with van der Waals surface area (Å²) in [5, 5.41) is 13.4. The van der Waals surface area contributed by atoms with E-state index in [4.69, 9.17) is 9.47 Å². The Kier molecular flexibility index (Phi) is 7.95. The summed E-state index contributed by atoms with van der Waals surface area (Å²) in [7, 11) is 3.20. The summed E-state index contributed by atoms with van der Waals surface area (Å²) in [5.41, 5.74) is 2.74. The zero-order chi connectivity index (χ0) is 22.2. The fraction of sp³-hybridized carbons (Fsp3) is 0.240. The summed E-state index contributed by atoms with van der Waals surface area (Å²) < 4.78 is 11.5. The highest BCUT2D eigenvalue weighted by molar-refractivity contribution is 9.10. The normalized spacial score (nSPS) is 11.6. The molecule has 1 atom stereocenters. The standard InChI is InChI=1S/C25H26BrNO4/c1-30-23-11-8-17(14-24(23)31-2)12-13-27-25(29)16-20(18-6-4-3-5-7-18)21-15-19(26)9-10-22(21)28/h3-11,14-15,20,28H,12-13,16H2,1-2H3,(H,27,29)/t20-/m0/s1. The molecule has 0 aromatic heterocycles. The number of benzene rings is 3. The second kappa shape index (κ2) is 10.9. The van der Waals surface area contributed by atoms with Gasteiger partial charge in [0, 0.05) is 28.9 Å². The van der Waals surface area contributed by atoms with Gasteiger partial charge in [-0.15, -0.1) is 0 Å². The van der Waals surface area contributed by atoms with Crippen LogP contribution in [-0.4, -0.2) is 31.8 Å². The minimum atomic E-state index is -0.250. The molecule has 3 rings (SSSR count). The lowest BCUT2D eigenvalue weighted by atomic mass is 9.87. The van der Waals surface area contributed by atoms with Crippen LogP contribution in [0.3, 0.4) is 0 Å². The van der Waals surface area contributed by atoms with Gasteiger partial charge >= 0.3 is 0 Å². The number of hydrogen-bond acceptors (Lipinski definition) is 4. The Labute approximate surface area is 191 Å². The number of halogens is 1. The van der Waals surface area contributed by atoms with Crippen LogP contribution >= 0.6 is 15.9 Å². The average Bonchev–Trinajstić information content (AvgIpc) is 2.79. The summed E-state index contributed by atoms with van der Waals surface area (Å²) in [4.78, 5) is 12.8. The number of methoxy groups -OCH3 is 2. The minimum absolute atomic E-state index is 0.0753. The van der Waals surface area contributed by atoms with Crippen molar-refractivity contribution in [1.82, 2.24) is 5.32 Å². The number of phenolic OH excluding ortho intramolecular Hbond substituents is 1. The molecule has 0 fully saturated rings. The Hall–Kier alpha value is -2.99. The number of rotatable bonds is 9. The predicted molar refractivity (Wildman–Crippen MR) is 125 cm³/mol. The van der Waals surface area contributed by atoms with Gasteiger partial charge in [-0.05, 0) is 47.9 Å². The Morgan fingerprint density at radius 2 is 1.74 bits per heavy atom. The Morgan fingerprint density at radius 3 is 2.45 bits per heavy atom. The third kappa shape index (κ3) is 6.01. The molecule has 5 nitrogen and oxygen atoms in total. The molecule has 0 aliphatic rings. The lowest BCUT2D eigenvalue weighted by Crippen LogP contribution is -2.27. The molecule has 0 aliphatic carbocycles. The minimum Gasteiger partial charge on any atom is -0.508 e. The third-order valence-corrected chi connectivity index (χ3v) is 5.63. The van der Waals surface area contributed by atoms with E-state index in [-0.39, 0.29) is 24.0 Å². The topological polar surface area (TPSA) is 67.8 Å². The fourth-order valence-electron chi connectivity index (χ4n) is 3.54. The van der Waals surface area contributed by atoms with E-state index in [0.29, 0.717) is 24.5 Å². The van der Waals surface area contributed by atoms with E-state index in [2.05, 4.69) is 21.2 Å². The fourth-order valence-corrected chi connectivity index (χ4v) is 3.92. The molecule has 2 N–H and O–H groups in total. The van der Waals surface area contributed by atoms with E-state index in [1.165, 1.54) is 0 Å². The maximum atomic E-state index is 12.8. The number of phenols is 1. The van der Waals surface area contributed by atoms with Crippen molar-refractivity contribution in [1.29, 1.82) is 0 Å². The number of carbonyl (C=O) groups is 1. The predicted octanol–water partition coefficient (Wildman–Crippen LogP) is 5.05. The third-order valence-electron chi connectivity index (χ3n) is 5.14. The van der Waals surface area contributed by atoms with Gasteiger partial charge < -0.3 is 19.9 Å². The van der Waals surface area contributed by atoms with Gasteiger partial charge in [-0.2, -0.15) is 0 Å². The first-order valence-corrected chi connectivity index (χ1v) is 10.8. The molecule has 0 spiro atoms. The number of ether oxygens (including phenoxy) is 2. The van der Waals surface area contributed by atoms with Gasteiger partial charge in [0.15, 0.2) is 11.5 Å². The van der Waals surface area contributed by atoms with Crippen molar-refractivity contribution in [2.75, 3.05) is 20.8 Å². The van der Waals surface area contributed by atoms with Gasteiger partial charge in [-0.3, -0.25) is 4.79 Å². The van der Waals surface area contributed by atoms with Crippen LogP contribution in [0.25, 0.3) is 0 Å². The summed E-state index contributed by atoms with van der Waals surface area (Å²) in [6, 6.07) is 20.8. The van der Waals surface area contributed by atoms with Crippen LogP contribution < -0.4 is 14.8 Å². The zero-order valence-electron chi connectivity index (χ0n) is 17.6. The van der Waals surface area contributed by atoms with E-state index in [1.54, 1.807) is 26.4 Å². The molecule has 162 valence electrons. The molecular formula is C25H26BrNO4. The molecule has 3 aromatic carbocycles. The Morgan fingerprint density at radius 1 is 1.00 bits per heavy atom. The van der Waals surface area contributed by atoms with Crippen molar-refractivity contribution in [3.05, 3.63) is 87.9 Å². The summed E-state index contributed by atoms with van der Waals surface area (Å²) in [5.74, 6) is 1.19. The lowest BCUT2D eigenvalue weighted by Gasteiger charge is -2.19. The number of aromatic hydroxyl groups is 1. The number of nitrogens with one attached hydrogen (secondary N) is 1. The lowest BCUT2D eigenvalue weighted by molar-refractivity contribution is -0.121. The second-order valence-electron chi connectivity index (χ2n) is 7.16. The highest BCUT2D eigenvalue weighted by Gasteiger charge is 2.21. The molecule has 0 aliphatic heterocycles. The number of carbonyl (C=O) groups excluding carboxylic acids is 1. The van der Waals surface area contributed by atoms with Crippen molar-refractivity contribution >= 4 is 21.8 Å². The smallest absolute Gasteiger partial charge is 0.220 e. The van der Waals surface area contributed by atoms with E-state index in [1.807, 2.05) is 54.6 Å². The molecule has 3 aromatic rings. The molecule has 0 radical (unpaired) electrons. The van der Waals surface area contributed by atoms with Crippen LogP contribution in [0, 0.1) is 0 Å². The van der Waals surface area contributed by atoms with Crippen LogP contribution in [0.4, 0.5) is 0 Å². The highest BCUT2D eigenvalue weighted by atomic mass is 79.9. The Bertz CT molecular complexity index is 1020. The second-order valence-corrected chi connectivity index (χ2v) is 8.08. The largest absolute Gasteiger partial charge is 0.508 e. The first kappa shape index (κ1) is 22.7. The SMILES string of the molecule is COc1ccc(CCNC(=O)C[C@@H](c2ccccc2)c2cc(Br)ccc2O)cc1OC. The van der Waals surface area contributed by atoms with Crippen molar-refractivity contribution in [3.63, 3.8) is 0 Å². The van der Waals surface area contributed by atoms with Crippen LogP contribution in [-0.2, 0) is 11.2 Å². The van der Waals surface area contributed by atoms with Gasteiger partial charge in [0.05, 0.1) is 14.2 Å². The number of hydrogen-bond donors (Lipinski definition) is 2. The first-order chi connectivity index (χ1) is 15.0. The van der Waals surface area contributed by atoms with Crippen LogP contribution in [0.5, 0.6) is 17.2 Å². The van der Waals surface area contributed by atoms with Gasteiger partial charge in [-0.1, -0.05) is 52.3 Å². The Balaban J connectivity index is 1.68. The molecule has 1 amide bonds. The zero-order valence-corrected chi connectivity index (χ0v) is 19.2. The molecule has 0 saturated carbocycles. The summed E-state index contributed by atoms with van der Waals surface area (Å²) >= 11 is 3.46. The molecular weight excluding hydrogens is 458 g/mol. The van der Waals surface area contributed by atoms with Crippen molar-refractivity contribution in [2.24, 2.45) is 0 Å². The quantitative estimate of drug-likeness (QED) is 0.446. The average molecular weight is 484 g/mol. The van der Waals surface area contributed by atoms with Gasteiger partial charge in [-0.25, -0.2) is 0 Å². The number of amides is 1. The molecule has 6 heteroatoms. The van der Waals surface area contributed by atoms with E-state index >= 15 is 0 Å². The van der Waals surface area contributed by atoms with E-state index in [0.717, 1.165) is 21.2 Å². The van der Waals surface area contributed by atoms with Gasteiger partial charge in [0.2, 0.25) is 5.91 Å². The summed E-state index contributed by atoms with van der Waals surface area (Å²) in [6.07, 6.45) is 0.907. The molecule has 0 bridgehead atoms. The molecule has 0 saturated heterocycles. The van der Waals surface area contributed by atoms with Crippen LogP contribution in [0.2, 0.25) is 0 Å². The molecule has 0 unspecified atom stereocenters. The van der Waals surface area contributed by atoms with E-state index < -0.39 is 0 Å².